The van der Waals surface area contributed by atoms with E-state index in [1.807, 2.05) is 37.3 Å². The molecule has 0 saturated carbocycles. The molecule has 0 radical (unpaired) electrons. The van der Waals surface area contributed by atoms with Crippen LogP contribution in [-0.4, -0.2) is 49.3 Å². The summed E-state index contributed by atoms with van der Waals surface area (Å²) in [6, 6.07) is 24.2. The number of anilines is 1. The molecule has 0 saturated heterocycles. The number of benzene rings is 4. The van der Waals surface area contributed by atoms with Crippen LogP contribution < -0.4 is 10.6 Å². The van der Waals surface area contributed by atoms with Crippen molar-refractivity contribution in [2.24, 2.45) is 0 Å². The van der Waals surface area contributed by atoms with E-state index in [0.717, 1.165) is 17.7 Å². The highest BCUT2D eigenvalue weighted by Gasteiger charge is 2.30. The van der Waals surface area contributed by atoms with Crippen molar-refractivity contribution in [3.63, 3.8) is 0 Å². The molecule has 0 aliphatic rings. The number of carbonyl (C=O) groups is 4. The van der Waals surface area contributed by atoms with Gasteiger partial charge in [0.25, 0.3) is 11.8 Å². The monoisotopic (exact) mass is 659 g/mol. The molecule has 2 N–H and O–H groups in total. The van der Waals surface area contributed by atoms with Gasteiger partial charge in [-0.25, -0.2) is 0 Å². The van der Waals surface area contributed by atoms with E-state index in [4.69, 9.17) is 4.74 Å². The van der Waals surface area contributed by atoms with Gasteiger partial charge >= 0.3 is 12.1 Å². The van der Waals surface area contributed by atoms with Crippen LogP contribution in [0, 0.1) is 0 Å². The summed E-state index contributed by atoms with van der Waals surface area (Å²) in [6.45, 7) is 1.81. The van der Waals surface area contributed by atoms with Crippen molar-refractivity contribution in [2.75, 3.05) is 26.0 Å². The van der Waals surface area contributed by atoms with E-state index < -0.39 is 35.6 Å². The van der Waals surface area contributed by atoms with Crippen LogP contribution in [0.2, 0.25) is 0 Å². The minimum atomic E-state index is -4.50. The molecule has 4 aromatic rings. The van der Waals surface area contributed by atoms with Crippen LogP contribution in [0.3, 0.4) is 0 Å². The van der Waals surface area contributed by atoms with Gasteiger partial charge in [-0.2, -0.15) is 13.2 Å². The van der Waals surface area contributed by atoms with Gasteiger partial charge in [0.15, 0.2) is 0 Å². The van der Waals surface area contributed by atoms with Crippen molar-refractivity contribution in [1.82, 2.24) is 10.2 Å². The van der Waals surface area contributed by atoms with Gasteiger partial charge in [0.1, 0.15) is 6.61 Å². The fourth-order valence-electron chi connectivity index (χ4n) is 4.98. The minimum absolute atomic E-state index is 0.0890. The van der Waals surface area contributed by atoms with Crippen LogP contribution in [0.25, 0.3) is 11.1 Å². The van der Waals surface area contributed by atoms with Crippen molar-refractivity contribution in [3.8, 4) is 11.1 Å². The Balaban J connectivity index is 1.52. The maximum absolute atomic E-state index is 13.5. The number of alkyl halides is 3. The molecule has 0 aliphatic carbocycles. The second kappa shape index (κ2) is 15.9. The van der Waals surface area contributed by atoms with E-state index in [1.54, 1.807) is 38.4 Å². The number of halogens is 3. The van der Waals surface area contributed by atoms with Crippen LogP contribution in [0.15, 0.2) is 97.1 Å². The first-order chi connectivity index (χ1) is 22.9. The normalized spacial score (nSPS) is 11.7. The van der Waals surface area contributed by atoms with Crippen molar-refractivity contribution in [1.29, 1.82) is 0 Å². The lowest BCUT2D eigenvalue weighted by Gasteiger charge is -2.19. The average molecular weight is 660 g/mol. The number of esters is 1. The summed E-state index contributed by atoms with van der Waals surface area (Å²) < 4.78 is 44.8. The van der Waals surface area contributed by atoms with E-state index in [1.165, 1.54) is 35.2 Å². The first-order valence-electron chi connectivity index (χ1n) is 15.3. The number of carbonyl (C=O) groups excluding carboxylic acids is 4. The molecule has 48 heavy (non-hydrogen) atoms. The van der Waals surface area contributed by atoms with Gasteiger partial charge in [-0.05, 0) is 59.0 Å². The average Bonchev–Trinajstić information content (AvgIpc) is 3.07. The van der Waals surface area contributed by atoms with Crippen molar-refractivity contribution in [3.05, 3.63) is 125 Å². The standard InChI is InChI=1S/C37H36F3N3O5/c1-4-10-33(44)41-32(26-11-6-5-7-12-26)23-48-34(45)22-24-15-20-31(30(21-24)36(47)43(2)3)42-35(46)29-14-9-8-13-28(29)25-16-18-27(19-17-25)37(38,39)40/h5-9,11-21,32H,4,10,22-23H2,1-3H3,(H,41,44)(H,42,46). The Morgan fingerprint density at radius 3 is 2.15 bits per heavy atom. The zero-order valence-electron chi connectivity index (χ0n) is 26.8. The van der Waals surface area contributed by atoms with Crippen molar-refractivity contribution in [2.45, 2.75) is 38.4 Å². The van der Waals surface area contributed by atoms with E-state index in [2.05, 4.69) is 10.6 Å². The Kier molecular flexibility index (Phi) is 11.7. The third-order valence-electron chi connectivity index (χ3n) is 7.44. The number of hydrogen-bond donors (Lipinski definition) is 2. The van der Waals surface area contributed by atoms with Crippen LogP contribution >= 0.6 is 0 Å². The number of nitrogens with one attached hydrogen (secondary N) is 2. The quantitative estimate of drug-likeness (QED) is 0.158. The van der Waals surface area contributed by atoms with Crippen LogP contribution in [0.1, 0.15) is 63.2 Å². The lowest BCUT2D eigenvalue weighted by molar-refractivity contribution is -0.144. The highest BCUT2D eigenvalue weighted by molar-refractivity contribution is 6.11. The van der Waals surface area contributed by atoms with E-state index in [-0.39, 0.29) is 35.7 Å². The maximum Gasteiger partial charge on any atom is 0.416 e. The Hall–Kier alpha value is -5.45. The number of nitrogens with zero attached hydrogens (tertiary/aromatic N) is 1. The highest BCUT2D eigenvalue weighted by Crippen LogP contribution is 2.32. The number of amides is 3. The second-order valence-electron chi connectivity index (χ2n) is 11.3. The summed E-state index contributed by atoms with van der Waals surface area (Å²) in [4.78, 5) is 53.2. The Morgan fingerprint density at radius 1 is 0.833 bits per heavy atom. The molecule has 0 aromatic heterocycles. The van der Waals surface area contributed by atoms with Gasteiger partial charge < -0.3 is 20.3 Å². The fourth-order valence-corrected chi connectivity index (χ4v) is 4.98. The van der Waals surface area contributed by atoms with Gasteiger partial charge in [0.2, 0.25) is 5.91 Å². The second-order valence-corrected chi connectivity index (χ2v) is 11.3. The summed E-state index contributed by atoms with van der Waals surface area (Å²) in [5.41, 5.74) is 1.74. The fraction of sp³-hybridized carbons (Fsp3) is 0.243. The summed E-state index contributed by atoms with van der Waals surface area (Å²) in [7, 11) is 3.09. The lowest BCUT2D eigenvalue weighted by atomic mass is 9.97. The molecular weight excluding hydrogens is 623 g/mol. The highest BCUT2D eigenvalue weighted by atomic mass is 19.4. The summed E-state index contributed by atoms with van der Waals surface area (Å²) in [5, 5.41) is 5.65. The van der Waals surface area contributed by atoms with E-state index >= 15 is 0 Å². The van der Waals surface area contributed by atoms with Gasteiger partial charge in [-0.1, -0.05) is 73.7 Å². The number of ether oxygens (including phenoxy) is 1. The molecule has 1 unspecified atom stereocenters. The largest absolute Gasteiger partial charge is 0.463 e. The van der Waals surface area contributed by atoms with Crippen LogP contribution in [0.5, 0.6) is 0 Å². The molecule has 0 heterocycles. The predicted octanol–water partition coefficient (Wildman–Crippen LogP) is 7.07. The molecule has 8 nitrogen and oxygen atoms in total. The zero-order chi connectivity index (χ0) is 34.8. The summed E-state index contributed by atoms with van der Waals surface area (Å²) in [6.07, 6.45) is -3.67. The van der Waals surface area contributed by atoms with Gasteiger partial charge in [0.05, 0.1) is 29.3 Å². The smallest absolute Gasteiger partial charge is 0.416 e. The van der Waals surface area contributed by atoms with Crippen molar-refractivity contribution < 1.29 is 37.1 Å². The van der Waals surface area contributed by atoms with Gasteiger partial charge in [-0.3, -0.25) is 19.2 Å². The first-order valence-corrected chi connectivity index (χ1v) is 15.3. The molecular formula is C37H36F3N3O5. The third-order valence-corrected chi connectivity index (χ3v) is 7.44. The molecule has 1 atom stereocenters. The first kappa shape index (κ1) is 35.4. The number of rotatable bonds is 12. The lowest BCUT2D eigenvalue weighted by Crippen LogP contribution is -2.32. The third kappa shape index (κ3) is 9.31. The molecule has 3 amide bonds. The molecule has 4 rings (SSSR count). The van der Waals surface area contributed by atoms with Crippen LogP contribution in [0.4, 0.5) is 18.9 Å². The topological polar surface area (TPSA) is 105 Å². The van der Waals surface area contributed by atoms with Gasteiger partial charge in [-0.15, -0.1) is 0 Å². The van der Waals surface area contributed by atoms with Crippen molar-refractivity contribution >= 4 is 29.4 Å². The van der Waals surface area contributed by atoms with E-state index in [9.17, 15) is 32.3 Å². The summed E-state index contributed by atoms with van der Waals surface area (Å²) >= 11 is 0. The predicted molar refractivity (Wildman–Crippen MR) is 176 cm³/mol. The Labute approximate surface area is 276 Å². The minimum Gasteiger partial charge on any atom is -0.463 e. The molecule has 0 fully saturated rings. The molecule has 250 valence electrons. The summed E-state index contributed by atoms with van der Waals surface area (Å²) in [5.74, 6) is -1.75. The van der Waals surface area contributed by atoms with Crippen LogP contribution in [-0.2, 0) is 26.9 Å². The molecule has 11 heteroatoms. The SMILES string of the molecule is CCCC(=O)NC(COC(=O)Cc1ccc(NC(=O)c2ccccc2-c2ccc(C(F)(F)F)cc2)c(C(=O)N(C)C)c1)c1ccccc1. The molecule has 4 aromatic carbocycles. The molecule has 0 aliphatic heterocycles. The van der Waals surface area contributed by atoms with E-state index in [0.29, 0.717) is 29.5 Å². The zero-order valence-corrected chi connectivity index (χ0v) is 26.8. The number of hydrogen-bond acceptors (Lipinski definition) is 5. The Morgan fingerprint density at radius 2 is 1.50 bits per heavy atom. The van der Waals surface area contributed by atoms with Gasteiger partial charge in [0, 0.05) is 26.1 Å². The Bertz CT molecular complexity index is 1760. The molecule has 0 bridgehead atoms. The maximum atomic E-state index is 13.5. The molecule has 0 spiro atoms.